The Balaban J connectivity index is 1.58. The second-order valence-corrected chi connectivity index (χ2v) is 9.02. The Morgan fingerprint density at radius 1 is 0.829 bits per heavy atom. The van der Waals surface area contributed by atoms with Gasteiger partial charge in [0.05, 0.1) is 5.69 Å². The third kappa shape index (κ3) is 4.26. The van der Waals surface area contributed by atoms with Gasteiger partial charge < -0.3 is 4.57 Å². The van der Waals surface area contributed by atoms with Crippen molar-refractivity contribution in [1.29, 1.82) is 0 Å². The molecule has 0 aliphatic carbocycles. The van der Waals surface area contributed by atoms with E-state index in [-0.39, 0.29) is 5.57 Å². The Kier molecular flexibility index (Phi) is 5.57. The first kappa shape index (κ1) is 22.3. The number of nitrogens with one attached hydrogen (secondary N) is 1. The zero-order chi connectivity index (χ0) is 24.7. The van der Waals surface area contributed by atoms with Crippen LogP contribution in [-0.4, -0.2) is 22.4 Å². The third-order valence-corrected chi connectivity index (χ3v) is 6.12. The number of imide groups is 2. The van der Waals surface area contributed by atoms with Gasteiger partial charge in [-0.1, -0.05) is 54.1 Å². The smallest absolute Gasteiger partial charge is 0.335 e. The number of amides is 4. The monoisotopic (exact) mass is 463 g/mol. The molecule has 0 unspecified atom stereocenters. The molecule has 0 spiro atoms. The molecular weight excluding hydrogens is 438 g/mol. The van der Waals surface area contributed by atoms with Crippen molar-refractivity contribution in [3.63, 3.8) is 0 Å². The van der Waals surface area contributed by atoms with Crippen molar-refractivity contribution in [3.05, 3.63) is 106 Å². The van der Waals surface area contributed by atoms with Gasteiger partial charge in [-0.2, -0.15) is 0 Å². The second kappa shape index (κ2) is 8.72. The Morgan fingerprint density at radius 3 is 2.31 bits per heavy atom. The minimum absolute atomic E-state index is 0.0813. The van der Waals surface area contributed by atoms with Crippen molar-refractivity contribution >= 4 is 40.5 Å². The van der Waals surface area contributed by atoms with Crippen molar-refractivity contribution in [1.82, 2.24) is 9.88 Å². The number of barbiturate groups is 1. The predicted molar refractivity (Wildman–Crippen MR) is 137 cm³/mol. The Hall–Kier alpha value is -4.45. The summed E-state index contributed by atoms with van der Waals surface area (Å²) in [7, 11) is 0. The van der Waals surface area contributed by atoms with Gasteiger partial charge in [0.1, 0.15) is 5.57 Å². The minimum Gasteiger partial charge on any atom is -0.342 e. The molecule has 0 atom stereocenters. The summed E-state index contributed by atoms with van der Waals surface area (Å²) >= 11 is 0. The first-order valence-corrected chi connectivity index (χ1v) is 11.4. The maximum atomic E-state index is 13.4. The quantitative estimate of drug-likeness (QED) is 0.331. The fourth-order valence-electron chi connectivity index (χ4n) is 4.66. The van der Waals surface area contributed by atoms with E-state index in [0.29, 0.717) is 12.2 Å². The van der Waals surface area contributed by atoms with Gasteiger partial charge in [-0.3, -0.25) is 14.9 Å². The number of fused-ring (bicyclic) bond motifs is 1. The molecule has 1 saturated heterocycles. The van der Waals surface area contributed by atoms with Crippen LogP contribution in [0.1, 0.15) is 27.8 Å². The van der Waals surface area contributed by atoms with Gasteiger partial charge >= 0.3 is 6.03 Å². The topological polar surface area (TPSA) is 71.4 Å². The molecule has 1 fully saturated rings. The van der Waals surface area contributed by atoms with E-state index in [4.69, 9.17) is 0 Å². The summed E-state index contributed by atoms with van der Waals surface area (Å²) in [6.45, 7) is 6.50. The van der Waals surface area contributed by atoms with Gasteiger partial charge in [0, 0.05) is 29.2 Å². The van der Waals surface area contributed by atoms with Crippen molar-refractivity contribution in [2.45, 2.75) is 27.3 Å². The normalized spacial score (nSPS) is 15.2. The van der Waals surface area contributed by atoms with Crippen LogP contribution in [0.15, 0.2) is 78.5 Å². The highest BCUT2D eigenvalue weighted by atomic mass is 16.2. The Morgan fingerprint density at radius 2 is 1.57 bits per heavy atom. The number of aromatic nitrogens is 1. The first-order valence-electron chi connectivity index (χ1n) is 11.4. The van der Waals surface area contributed by atoms with Gasteiger partial charge in [0.15, 0.2) is 0 Å². The summed E-state index contributed by atoms with van der Waals surface area (Å²) in [5.41, 5.74) is 6.26. The summed E-state index contributed by atoms with van der Waals surface area (Å²) in [5, 5.41) is 3.24. The molecule has 6 nitrogen and oxygen atoms in total. The number of benzene rings is 3. The largest absolute Gasteiger partial charge is 0.342 e. The lowest BCUT2D eigenvalue weighted by atomic mass is 10.0. The van der Waals surface area contributed by atoms with Crippen molar-refractivity contribution < 1.29 is 14.4 Å². The molecule has 1 aromatic heterocycles. The van der Waals surface area contributed by atoms with Gasteiger partial charge in [-0.15, -0.1) is 0 Å². The predicted octanol–water partition coefficient (Wildman–Crippen LogP) is 5.28. The number of rotatable bonds is 4. The lowest BCUT2D eigenvalue weighted by molar-refractivity contribution is -0.122. The van der Waals surface area contributed by atoms with Crippen LogP contribution in [-0.2, 0) is 16.1 Å². The lowest BCUT2D eigenvalue weighted by Crippen LogP contribution is -2.54. The first-order chi connectivity index (χ1) is 16.8. The SMILES string of the molecule is Cc1cccc(Cn2cc(/C=C3/C(=O)NC(=O)N(c4cc(C)cc(C)c4)C3=O)c3ccccc32)c1. The summed E-state index contributed by atoms with van der Waals surface area (Å²) < 4.78 is 2.11. The molecule has 1 aliphatic heterocycles. The van der Waals surface area contributed by atoms with E-state index in [1.807, 2.05) is 56.4 Å². The molecule has 174 valence electrons. The van der Waals surface area contributed by atoms with E-state index in [1.54, 1.807) is 18.2 Å². The molecular formula is C29H25N3O3. The fraction of sp³-hybridized carbons (Fsp3) is 0.138. The van der Waals surface area contributed by atoms with Crippen LogP contribution in [0.2, 0.25) is 0 Å². The Bertz CT molecular complexity index is 1520. The van der Waals surface area contributed by atoms with Crippen molar-refractivity contribution in [2.75, 3.05) is 4.90 Å². The lowest BCUT2D eigenvalue weighted by Gasteiger charge is -2.26. The molecule has 4 aromatic rings. The molecule has 0 bridgehead atoms. The van der Waals surface area contributed by atoms with E-state index in [9.17, 15) is 14.4 Å². The molecule has 1 N–H and O–H groups in total. The molecule has 6 heteroatoms. The number of urea groups is 1. The van der Waals surface area contributed by atoms with Crippen LogP contribution in [0.3, 0.4) is 0 Å². The van der Waals surface area contributed by atoms with E-state index < -0.39 is 17.8 Å². The Labute approximate surface area is 203 Å². The molecule has 5 rings (SSSR count). The standard InChI is InChI=1S/C29H25N3O3/c1-18-7-6-8-21(12-18)16-31-17-22(24-9-4-5-10-26(24)31)15-25-27(33)30-29(35)32(28(25)34)23-13-19(2)11-20(3)14-23/h4-15,17H,16H2,1-3H3,(H,30,33,35)/b25-15-. The van der Waals surface area contributed by atoms with Crippen LogP contribution in [0.25, 0.3) is 17.0 Å². The number of para-hydroxylation sites is 1. The van der Waals surface area contributed by atoms with Crippen LogP contribution in [0.4, 0.5) is 10.5 Å². The number of nitrogens with zero attached hydrogens (tertiary/aromatic N) is 2. The van der Waals surface area contributed by atoms with Crippen LogP contribution < -0.4 is 10.2 Å². The maximum absolute atomic E-state index is 13.4. The average Bonchev–Trinajstić information content (AvgIpc) is 3.13. The molecule has 0 saturated carbocycles. The maximum Gasteiger partial charge on any atom is 0.335 e. The van der Waals surface area contributed by atoms with Gasteiger partial charge in [-0.25, -0.2) is 9.69 Å². The summed E-state index contributed by atoms with van der Waals surface area (Å²) in [5.74, 6) is -1.34. The highest BCUT2D eigenvalue weighted by Gasteiger charge is 2.37. The highest BCUT2D eigenvalue weighted by molar-refractivity contribution is 6.39. The summed E-state index contributed by atoms with van der Waals surface area (Å²) in [4.78, 5) is 39.8. The zero-order valence-electron chi connectivity index (χ0n) is 19.8. The highest BCUT2D eigenvalue weighted by Crippen LogP contribution is 2.28. The number of carbonyl (C=O) groups excluding carboxylic acids is 3. The third-order valence-electron chi connectivity index (χ3n) is 6.12. The number of aryl methyl sites for hydroxylation is 3. The van der Waals surface area contributed by atoms with Gasteiger partial charge in [0.2, 0.25) is 0 Å². The van der Waals surface area contributed by atoms with E-state index in [2.05, 4.69) is 35.0 Å². The van der Waals surface area contributed by atoms with E-state index >= 15 is 0 Å². The average molecular weight is 464 g/mol. The number of hydrogen-bond donors (Lipinski definition) is 1. The molecule has 3 aromatic carbocycles. The number of carbonyl (C=O) groups is 3. The van der Waals surface area contributed by atoms with Crippen LogP contribution >= 0.6 is 0 Å². The van der Waals surface area contributed by atoms with E-state index in [0.717, 1.165) is 38.1 Å². The van der Waals surface area contributed by atoms with Gasteiger partial charge in [-0.05, 0) is 61.7 Å². The molecule has 0 radical (unpaired) electrons. The van der Waals surface area contributed by atoms with E-state index in [1.165, 1.54) is 5.56 Å². The van der Waals surface area contributed by atoms with Crippen molar-refractivity contribution in [3.8, 4) is 0 Å². The summed E-state index contributed by atoms with van der Waals surface area (Å²) in [6, 6.07) is 20.9. The zero-order valence-corrected chi connectivity index (χ0v) is 19.8. The van der Waals surface area contributed by atoms with Crippen LogP contribution in [0.5, 0.6) is 0 Å². The van der Waals surface area contributed by atoms with Crippen molar-refractivity contribution in [2.24, 2.45) is 0 Å². The molecule has 35 heavy (non-hydrogen) atoms. The van der Waals surface area contributed by atoms with Crippen LogP contribution in [0, 0.1) is 20.8 Å². The summed E-state index contributed by atoms with van der Waals surface area (Å²) in [6.07, 6.45) is 3.52. The fourth-order valence-corrected chi connectivity index (χ4v) is 4.66. The second-order valence-electron chi connectivity index (χ2n) is 9.02. The molecule has 2 heterocycles. The minimum atomic E-state index is -0.746. The van der Waals surface area contributed by atoms with Gasteiger partial charge in [0.25, 0.3) is 11.8 Å². The number of hydrogen-bond acceptors (Lipinski definition) is 3. The number of anilines is 1. The molecule has 4 amide bonds. The molecule has 1 aliphatic rings.